The molecule has 0 aliphatic rings. The molecule has 0 aliphatic heterocycles. The van der Waals surface area contributed by atoms with Gasteiger partial charge in [0.1, 0.15) is 0 Å². The van der Waals surface area contributed by atoms with Gasteiger partial charge in [-0.1, -0.05) is 5.92 Å². The summed E-state index contributed by atoms with van der Waals surface area (Å²) in [6, 6.07) is 1.86. The molecule has 0 aliphatic carbocycles. The van der Waals surface area contributed by atoms with Crippen LogP contribution in [0.25, 0.3) is 0 Å². The van der Waals surface area contributed by atoms with E-state index in [1.807, 2.05) is 11.4 Å². The molecule has 0 radical (unpaired) electrons. The standard InChI is InChI=1S/C9H8INOS/c1-2-3-4-11-9(12)7-5-8(10)13-6-7/h5-6H,4H2,1H3,(H,11,12). The highest BCUT2D eigenvalue weighted by atomic mass is 127. The first-order chi connectivity index (χ1) is 6.24. The monoisotopic (exact) mass is 305 g/mol. The number of hydrogen-bond acceptors (Lipinski definition) is 2. The maximum atomic E-state index is 11.4. The van der Waals surface area contributed by atoms with Gasteiger partial charge in [0.25, 0.3) is 5.91 Å². The van der Waals surface area contributed by atoms with Crippen molar-refractivity contribution in [3.8, 4) is 11.8 Å². The molecule has 13 heavy (non-hydrogen) atoms. The van der Waals surface area contributed by atoms with Crippen LogP contribution in [0.5, 0.6) is 0 Å². The zero-order chi connectivity index (χ0) is 9.68. The molecule has 0 aromatic carbocycles. The van der Waals surface area contributed by atoms with Crippen molar-refractivity contribution in [3.63, 3.8) is 0 Å². The molecule has 1 aromatic rings. The van der Waals surface area contributed by atoms with E-state index >= 15 is 0 Å². The predicted molar refractivity (Wildman–Crippen MR) is 62.8 cm³/mol. The molecule has 1 N–H and O–H groups in total. The number of hydrogen-bond donors (Lipinski definition) is 1. The summed E-state index contributed by atoms with van der Waals surface area (Å²) in [5.74, 6) is 5.44. The lowest BCUT2D eigenvalue weighted by molar-refractivity contribution is 0.0959. The summed E-state index contributed by atoms with van der Waals surface area (Å²) in [4.78, 5) is 11.4. The van der Waals surface area contributed by atoms with Crippen LogP contribution in [-0.2, 0) is 0 Å². The Kier molecular flexibility index (Phi) is 4.25. The third-order valence-electron chi connectivity index (χ3n) is 1.34. The predicted octanol–water partition coefficient (Wildman–Crippen LogP) is 2.11. The van der Waals surface area contributed by atoms with Crippen molar-refractivity contribution in [1.29, 1.82) is 0 Å². The maximum Gasteiger partial charge on any atom is 0.252 e. The van der Waals surface area contributed by atoms with Gasteiger partial charge in [0, 0.05) is 5.38 Å². The van der Waals surface area contributed by atoms with Crippen LogP contribution < -0.4 is 5.32 Å². The number of nitrogens with one attached hydrogen (secondary N) is 1. The number of amides is 1. The zero-order valence-electron chi connectivity index (χ0n) is 7.06. The van der Waals surface area contributed by atoms with Gasteiger partial charge in [-0.05, 0) is 35.6 Å². The van der Waals surface area contributed by atoms with Crippen molar-refractivity contribution in [2.45, 2.75) is 6.92 Å². The van der Waals surface area contributed by atoms with E-state index in [1.165, 1.54) is 0 Å². The van der Waals surface area contributed by atoms with Crippen LogP contribution in [0, 0.1) is 14.7 Å². The minimum absolute atomic E-state index is 0.0538. The second-order valence-corrected chi connectivity index (χ2v) is 5.05. The van der Waals surface area contributed by atoms with Gasteiger partial charge in [0.15, 0.2) is 0 Å². The first-order valence-electron chi connectivity index (χ1n) is 3.66. The molecular weight excluding hydrogens is 297 g/mol. The summed E-state index contributed by atoms with van der Waals surface area (Å²) >= 11 is 3.75. The van der Waals surface area contributed by atoms with Crippen molar-refractivity contribution in [1.82, 2.24) is 5.32 Å². The van der Waals surface area contributed by atoms with Gasteiger partial charge in [-0.2, -0.15) is 0 Å². The van der Waals surface area contributed by atoms with Crippen molar-refractivity contribution in [3.05, 3.63) is 19.9 Å². The van der Waals surface area contributed by atoms with Gasteiger partial charge < -0.3 is 5.32 Å². The summed E-state index contributed by atoms with van der Waals surface area (Å²) in [6.45, 7) is 2.17. The Hall–Kier alpha value is -0.540. The van der Waals surface area contributed by atoms with Crippen LogP contribution in [0.4, 0.5) is 0 Å². The van der Waals surface area contributed by atoms with Gasteiger partial charge in [-0.25, -0.2) is 0 Å². The van der Waals surface area contributed by atoms with E-state index in [0.29, 0.717) is 12.1 Å². The lowest BCUT2D eigenvalue weighted by Crippen LogP contribution is -2.22. The summed E-state index contributed by atoms with van der Waals surface area (Å²) in [5, 5.41) is 4.55. The molecule has 1 amide bonds. The highest BCUT2D eigenvalue weighted by Gasteiger charge is 2.05. The fourth-order valence-corrected chi connectivity index (χ4v) is 2.07. The molecule has 0 bridgehead atoms. The molecule has 0 saturated carbocycles. The van der Waals surface area contributed by atoms with Crippen LogP contribution in [-0.4, -0.2) is 12.5 Å². The van der Waals surface area contributed by atoms with E-state index in [1.54, 1.807) is 18.3 Å². The maximum absolute atomic E-state index is 11.4. The van der Waals surface area contributed by atoms with Gasteiger partial charge in [0.2, 0.25) is 0 Å². The second kappa shape index (κ2) is 5.25. The summed E-state index contributed by atoms with van der Waals surface area (Å²) < 4.78 is 1.12. The first kappa shape index (κ1) is 10.5. The third-order valence-corrected chi connectivity index (χ3v) is 3.13. The zero-order valence-corrected chi connectivity index (χ0v) is 10.0. The SMILES string of the molecule is CC#CCNC(=O)c1csc(I)c1. The van der Waals surface area contributed by atoms with E-state index in [2.05, 4.69) is 39.7 Å². The van der Waals surface area contributed by atoms with Crippen molar-refractivity contribution >= 4 is 39.8 Å². The molecule has 4 heteroatoms. The fraction of sp³-hybridized carbons (Fsp3) is 0.222. The van der Waals surface area contributed by atoms with Crippen molar-refractivity contribution in [2.24, 2.45) is 0 Å². The van der Waals surface area contributed by atoms with E-state index < -0.39 is 0 Å². The minimum atomic E-state index is -0.0538. The molecular formula is C9H8INOS. The Bertz CT molecular complexity index is 361. The molecule has 1 heterocycles. The molecule has 0 unspecified atom stereocenters. The quantitative estimate of drug-likeness (QED) is 0.658. The molecule has 0 fully saturated rings. The van der Waals surface area contributed by atoms with Crippen LogP contribution in [0.3, 0.4) is 0 Å². The Balaban J connectivity index is 2.52. The van der Waals surface area contributed by atoms with E-state index in [0.717, 1.165) is 2.88 Å². The Labute approximate surface area is 94.9 Å². The summed E-state index contributed by atoms with van der Waals surface area (Å²) in [7, 11) is 0. The first-order valence-corrected chi connectivity index (χ1v) is 5.61. The lowest BCUT2D eigenvalue weighted by Gasteiger charge is -1.96. The molecule has 0 atom stereocenters. The normalized spacial score (nSPS) is 8.77. The van der Waals surface area contributed by atoms with Gasteiger partial charge >= 0.3 is 0 Å². The molecule has 68 valence electrons. The Morgan fingerprint density at radius 3 is 3.08 bits per heavy atom. The number of carbonyl (C=O) groups excluding carboxylic acids is 1. The van der Waals surface area contributed by atoms with E-state index in [9.17, 15) is 4.79 Å². The average Bonchev–Trinajstić information content (AvgIpc) is 2.52. The van der Waals surface area contributed by atoms with Crippen LogP contribution in [0.15, 0.2) is 11.4 Å². The number of rotatable bonds is 2. The van der Waals surface area contributed by atoms with Crippen LogP contribution in [0.2, 0.25) is 0 Å². The highest BCUT2D eigenvalue weighted by Crippen LogP contribution is 2.16. The molecule has 1 aromatic heterocycles. The third kappa shape index (κ3) is 3.36. The number of halogens is 1. The van der Waals surface area contributed by atoms with Gasteiger partial charge in [0.05, 0.1) is 15.0 Å². The van der Waals surface area contributed by atoms with Crippen LogP contribution >= 0.6 is 33.9 Å². The smallest absolute Gasteiger partial charge is 0.252 e. The highest BCUT2D eigenvalue weighted by molar-refractivity contribution is 14.1. The van der Waals surface area contributed by atoms with Crippen molar-refractivity contribution in [2.75, 3.05) is 6.54 Å². The largest absolute Gasteiger partial charge is 0.341 e. The topological polar surface area (TPSA) is 29.1 Å². The summed E-state index contributed by atoms with van der Waals surface area (Å²) in [5.41, 5.74) is 0.715. The lowest BCUT2D eigenvalue weighted by atomic mass is 10.3. The number of thiophene rings is 1. The van der Waals surface area contributed by atoms with Crippen LogP contribution in [0.1, 0.15) is 17.3 Å². The number of carbonyl (C=O) groups is 1. The molecule has 2 nitrogen and oxygen atoms in total. The van der Waals surface area contributed by atoms with Gasteiger partial charge in [-0.15, -0.1) is 17.3 Å². The second-order valence-electron chi connectivity index (χ2n) is 2.25. The van der Waals surface area contributed by atoms with Gasteiger partial charge in [-0.3, -0.25) is 4.79 Å². The van der Waals surface area contributed by atoms with E-state index in [4.69, 9.17) is 0 Å². The minimum Gasteiger partial charge on any atom is -0.341 e. The molecule has 1 rings (SSSR count). The average molecular weight is 305 g/mol. The van der Waals surface area contributed by atoms with Crippen molar-refractivity contribution < 1.29 is 4.79 Å². The Morgan fingerprint density at radius 2 is 2.54 bits per heavy atom. The van der Waals surface area contributed by atoms with E-state index in [-0.39, 0.29) is 5.91 Å². The summed E-state index contributed by atoms with van der Waals surface area (Å²) in [6.07, 6.45) is 0. The Morgan fingerprint density at radius 1 is 1.77 bits per heavy atom. The molecule has 0 spiro atoms. The fourth-order valence-electron chi connectivity index (χ4n) is 0.744. The molecule has 0 saturated heterocycles.